The fourth-order valence-electron chi connectivity index (χ4n) is 5.40. The Balaban J connectivity index is 1.71. The van der Waals surface area contributed by atoms with Crippen LogP contribution in [0.2, 0.25) is 0 Å². The van der Waals surface area contributed by atoms with E-state index in [1.54, 1.807) is 14.2 Å². The second-order valence-corrected chi connectivity index (χ2v) is 9.57. The predicted molar refractivity (Wildman–Crippen MR) is 152 cm³/mol. The molecule has 7 heteroatoms. The Labute approximate surface area is 223 Å². The second kappa shape index (κ2) is 10.3. The van der Waals surface area contributed by atoms with Gasteiger partial charge in [0.05, 0.1) is 37.7 Å². The van der Waals surface area contributed by atoms with Crippen LogP contribution in [0.4, 0.5) is 5.69 Å². The summed E-state index contributed by atoms with van der Waals surface area (Å²) in [6.07, 6.45) is 2.79. The Kier molecular flexibility index (Phi) is 6.89. The number of benzene rings is 2. The van der Waals surface area contributed by atoms with Crippen molar-refractivity contribution in [1.29, 1.82) is 0 Å². The van der Waals surface area contributed by atoms with Gasteiger partial charge >= 0.3 is 0 Å². The molecular weight excluding hydrogens is 480 g/mol. The van der Waals surface area contributed by atoms with E-state index in [0.717, 1.165) is 23.6 Å². The number of aromatic nitrogens is 2. The Morgan fingerprint density at radius 2 is 1.73 bits per heavy atom. The number of nitrogens with zero attached hydrogens (tertiary/aromatic N) is 3. The van der Waals surface area contributed by atoms with Crippen molar-refractivity contribution in [2.45, 2.75) is 39.3 Å². The number of para-hydroxylation sites is 1. The van der Waals surface area contributed by atoms with E-state index in [-0.39, 0.29) is 12.1 Å². The summed E-state index contributed by atoms with van der Waals surface area (Å²) in [5.41, 5.74) is 7.87. The third-order valence-electron chi connectivity index (χ3n) is 7.15. The molecule has 1 aliphatic rings. The molecule has 0 amide bonds. The number of thiocarbonyl (C=S) groups is 1. The van der Waals surface area contributed by atoms with Crippen LogP contribution >= 0.6 is 12.2 Å². The first-order valence-corrected chi connectivity index (χ1v) is 12.9. The highest BCUT2D eigenvalue weighted by Gasteiger charge is 2.43. The van der Waals surface area contributed by atoms with Crippen molar-refractivity contribution in [3.05, 3.63) is 101 Å². The van der Waals surface area contributed by atoms with E-state index in [4.69, 9.17) is 26.7 Å². The first-order valence-electron chi connectivity index (χ1n) is 12.5. The first kappa shape index (κ1) is 24.8. The number of methoxy groups -OCH3 is 2. The van der Waals surface area contributed by atoms with Gasteiger partial charge < -0.3 is 24.3 Å². The fourth-order valence-corrected chi connectivity index (χ4v) is 5.74. The van der Waals surface area contributed by atoms with Crippen LogP contribution in [0.5, 0.6) is 11.5 Å². The summed E-state index contributed by atoms with van der Waals surface area (Å²) >= 11 is 5.95. The highest BCUT2D eigenvalue weighted by atomic mass is 32.1. The molecule has 4 aromatic rings. The largest absolute Gasteiger partial charge is 0.497 e. The summed E-state index contributed by atoms with van der Waals surface area (Å²) in [5.74, 6) is 1.42. The lowest BCUT2D eigenvalue weighted by atomic mass is 9.96. The zero-order valence-corrected chi connectivity index (χ0v) is 22.7. The van der Waals surface area contributed by atoms with Crippen LogP contribution in [0.25, 0.3) is 5.69 Å². The van der Waals surface area contributed by atoms with Gasteiger partial charge in [-0.25, -0.2) is 0 Å². The molecule has 1 saturated heterocycles. The maximum atomic E-state index is 5.95. The first-order chi connectivity index (χ1) is 18.0. The molecule has 5 rings (SSSR count). The van der Waals surface area contributed by atoms with E-state index in [0.29, 0.717) is 10.9 Å². The molecule has 0 aliphatic carbocycles. The van der Waals surface area contributed by atoms with Gasteiger partial charge in [0.2, 0.25) is 0 Å². The highest BCUT2D eigenvalue weighted by molar-refractivity contribution is 7.80. The molecule has 3 heterocycles. The van der Waals surface area contributed by atoms with Gasteiger partial charge in [0.1, 0.15) is 11.5 Å². The average Bonchev–Trinajstić information content (AvgIpc) is 3.43. The van der Waals surface area contributed by atoms with Crippen LogP contribution in [0.15, 0.2) is 72.9 Å². The molecule has 2 aromatic carbocycles. The third kappa shape index (κ3) is 4.33. The van der Waals surface area contributed by atoms with Crippen LogP contribution in [-0.4, -0.2) is 28.9 Å². The van der Waals surface area contributed by atoms with Crippen LogP contribution in [0, 0.1) is 13.8 Å². The number of ether oxygens (including phenoxy) is 2. The number of rotatable bonds is 7. The smallest absolute Gasteiger partial charge is 0.174 e. The lowest BCUT2D eigenvalue weighted by Crippen LogP contribution is -2.30. The maximum Gasteiger partial charge on any atom is 0.174 e. The molecule has 6 nitrogen and oxygen atoms in total. The van der Waals surface area contributed by atoms with Crippen LogP contribution in [0.1, 0.15) is 47.2 Å². The molecule has 1 fully saturated rings. The van der Waals surface area contributed by atoms with Gasteiger partial charge in [-0.05, 0) is 80.0 Å². The third-order valence-corrected chi connectivity index (χ3v) is 7.46. The number of anilines is 1. The SMILES string of the molecule is CCc1ccccc1-n1c(C)cc([C@H]2[C@H](c3ccccn3)NC(=S)N2c2ccc(OC)cc2OC)c1C. The molecular formula is C30H32N4O2S. The minimum absolute atomic E-state index is 0.140. The maximum absolute atomic E-state index is 5.95. The van der Waals surface area contributed by atoms with Crippen molar-refractivity contribution < 1.29 is 9.47 Å². The molecule has 2 atom stereocenters. The van der Waals surface area contributed by atoms with Crippen LogP contribution in [-0.2, 0) is 6.42 Å². The number of hydrogen-bond acceptors (Lipinski definition) is 4. The summed E-state index contributed by atoms with van der Waals surface area (Å²) in [6.45, 7) is 6.55. The monoisotopic (exact) mass is 512 g/mol. The van der Waals surface area contributed by atoms with Crippen molar-refractivity contribution in [3.63, 3.8) is 0 Å². The van der Waals surface area contributed by atoms with E-state index in [1.165, 1.54) is 28.2 Å². The van der Waals surface area contributed by atoms with Crippen molar-refractivity contribution in [2.75, 3.05) is 19.1 Å². The highest BCUT2D eigenvalue weighted by Crippen LogP contribution is 2.46. The van der Waals surface area contributed by atoms with Gasteiger partial charge in [-0.2, -0.15) is 0 Å². The van der Waals surface area contributed by atoms with Gasteiger partial charge in [0, 0.05) is 29.3 Å². The molecule has 0 radical (unpaired) electrons. The Bertz CT molecular complexity index is 1430. The molecule has 190 valence electrons. The van der Waals surface area contributed by atoms with E-state index >= 15 is 0 Å². The lowest BCUT2D eigenvalue weighted by molar-refractivity contribution is 0.394. The van der Waals surface area contributed by atoms with Gasteiger partial charge in [-0.3, -0.25) is 4.98 Å². The van der Waals surface area contributed by atoms with E-state index in [1.807, 2.05) is 42.6 Å². The topological polar surface area (TPSA) is 51.6 Å². The van der Waals surface area contributed by atoms with Gasteiger partial charge in [0.25, 0.3) is 0 Å². The Morgan fingerprint density at radius 3 is 2.43 bits per heavy atom. The standard InChI is InChI=1S/C30H32N4O2S/c1-6-21-11-7-8-13-25(21)33-19(2)17-23(20(33)3)29-28(24-12-9-10-16-31-24)32-30(37)34(29)26-15-14-22(35-4)18-27(26)36-5/h7-18,28-29H,6H2,1-5H3,(H,32,37)/t28-,29-/m0/s1. The Morgan fingerprint density at radius 1 is 0.946 bits per heavy atom. The zero-order chi connectivity index (χ0) is 26.1. The average molecular weight is 513 g/mol. The molecule has 2 aromatic heterocycles. The summed E-state index contributed by atoms with van der Waals surface area (Å²) in [5, 5.41) is 4.19. The summed E-state index contributed by atoms with van der Waals surface area (Å²) in [7, 11) is 3.32. The number of hydrogen-bond donors (Lipinski definition) is 1. The van der Waals surface area contributed by atoms with E-state index in [9.17, 15) is 0 Å². The lowest BCUT2D eigenvalue weighted by Gasteiger charge is -2.29. The fraction of sp³-hybridized carbons (Fsp3) is 0.267. The molecule has 0 saturated carbocycles. The van der Waals surface area contributed by atoms with Crippen LogP contribution < -0.4 is 19.7 Å². The predicted octanol–water partition coefficient (Wildman–Crippen LogP) is 6.25. The van der Waals surface area contributed by atoms with Crippen molar-refractivity contribution >= 4 is 23.0 Å². The summed E-state index contributed by atoms with van der Waals surface area (Å²) in [6, 6.07) is 22.4. The zero-order valence-electron chi connectivity index (χ0n) is 21.9. The normalized spacial score (nSPS) is 17.1. The number of pyridine rings is 1. The van der Waals surface area contributed by atoms with Gasteiger partial charge in [-0.15, -0.1) is 0 Å². The van der Waals surface area contributed by atoms with Gasteiger partial charge in [-0.1, -0.05) is 31.2 Å². The van der Waals surface area contributed by atoms with E-state index in [2.05, 4.69) is 65.9 Å². The summed E-state index contributed by atoms with van der Waals surface area (Å²) < 4.78 is 13.6. The molecule has 0 bridgehead atoms. The van der Waals surface area contributed by atoms with E-state index < -0.39 is 0 Å². The number of aryl methyl sites for hydroxylation is 2. The van der Waals surface area contributed by atoms with Crippen molar-refractivity contribution in [3.8, 4) is 17.2 Å². The minimum atomic E-state index is -0.143. The Hall–Kier alpha value is -3.84. The molecule has 0 unspecified atom stereocenters. The molecule has 1 aliphatic heterocycles. The van der Waals surface area contributed by atoms with Gasteiger partial charge in [0.15, 0.2) is 5.11 Å². The molecule has 37 heavy (non-hydrogen) atoms. The second-order valence-electron chi connectivity index (χ2n) is 9.18. The number of nitrogens with one attached hydrogen (secondary N) is 1. The molecule has 1 N–H and O–H groups in total. The molecule has 0 spiro atoms. The minimum Gasteiger partial charge on any atom is -0.497 e. The van der Waals surface area contributed by atoms with Crippen molar-refractivity contribution in [1.82, 2.24) is 14.9 Å². The van der Waals surface area contributed by atoms with Crippen molar-refractivity contribution in [2.24, 2.45) is 0 Å². The quantitative estimate of drug-likeness (QED) is 0.296. The van der Waals surface area contributed by atoms with Crippen LogP contribution in [0.3, 0.4) is 0 Å². The summed E-state index contributed by atoms with van der Waals surface area (Å²) in [4.78, 5) is 6.86.